The van der Waals surface area contributed by atoms with E-state index in [4.69, 9.17) is 14.6 Å². The summed E-state index contributed by atoms with van der Waals surface area (Å²) in [4.78, 5) is -0.0214. The molecule has 2 aromatic carbocycles. The van der Waals surface area contributed by atoms with E-state index >= 15 is 0 Å². The van der Waals surface area contributed by atoms with E-state index in [9.17, 15) is 16.8 Å². The molecule has 10 heteroatoms. The van der Waals surface area contributed by atoms with Crippen molar-refractivity contribution in [2.24, 2.45) is 5.14 Å². The number of nitrogens with two attached hydrogens (primary N) is 1. The van der Waals surface area contributed by atoms with Crippen molar-refractivity contribution in [1.82, 2.24) is 4.72 Å². The second-order valence-corrected chi connectivity index (χ2v) is 8.65. The Labute approximate surface area is 153 Å². The molecule has 0 aliphatic carbocycles. The van der Waals surface area contributed by atoms with Crippen LogP contribution in [0.4, 0.5) is 0 Å². The number of sulfonamides is 2. The van der Waals surface area contributed by atoms with Gasteiger partial charge in [-0.15, -0.1) is 0 Å². The molecule has 8 nitrogen and oxygen atoms in total. The van der Waals surface area contributed by atoms with Gasteiger partial charge in [-0.1, -0.05) is 12.1 Å². The van der Waals surface area contributed by atoms with Crippen molar-refractivity contribution in [3.63, 3.8) is 0 Å². The molecular formula is C16H20N2O6S2. The number of benzene rings is 2. The second kappa shape index (κ2) is 8.04. The standard InChI is InChI=1S/C16H20N2O6S2/c1-23-13-5-8-15(24-2)16(11-13)26(21,22)18-10-9-12-3-6-14(7-4-12)25(17,19)20/h3-8,11,18H,9-10H2,1-2H3,(H2,17,19,20). The van der Waals surface area contributed by atoms with Crippen LogP contribution in [0.25, 0.3) is 0 Å². The van der Waals surface area contributed by atoms with Crippen molar-refractivity contribution in [2.75, 3.05) is 20.8 Å². The fourth-order valence-corrected chi connectivity index (χ4v) is 3.98. The van der Waals surface area contributed by atoms with Gasteiger partial charge in [0.1, 0.15) is 16.4 Å². The van der Waals surface area contributed by atoms with Crippen LogP contribution in [0.15, 0.2) is 52.3 Å². The summed E-state index contributed by atoms with van der Waals surface area (Å²) >= 11 is 0. The van der Waals surface area contributed by atoms with Crippen LogP contribution in [0, 0.1) is 0 Å². The molecule has 3 N–H and O–H groups in total. The van der Waals surface area contributed by atoms with Crippen LogP contribution in [0.5, 0.6) is 11.5 Å². The summed E-state index contributed by atoms with van der Waals surface area (Å²) < 4.78 is 60.1. The molecule has 142 valence electrons. The van der Waals surface area contributed by atoms with Gasteiger partial charge >= 0.3 is 0 Å². The Morgan fingerprint density at radius 2 is 1.62 bits per heavy atom. The summed E-state index contributed by atoms with van der Waals surface area (Å²) in [6.07, 6.45) is 0.371. The Kier molecular flexibility index (Phi) is 6.24. The highest BCUT2D eigenvalue weighted by Gasteiger charge is 2.20. The average molecular weight is 400 g/mol. The number of hydrogen-bond donors (Lipinski definition) is 2. The number of primary sulfonamides is 1. The van der Waals surface area contributed by atoms with Crippen molar-refractivity contribution >= 4 is 20.0 Å². The van der Waals surface area contributed by atoms with E-state index in [2.05, 4.69) is 4.72 Å². The van der Waals surface area contributed by atoms with E-state index in [-0.39, 0.29) is 22.1 Å². The van der Waals surface area contributed by atoms with Crippen LogP contribution < -0.4 is 19.3 Å². The average Bonchev–Trinajstić information content (AvgIpc) is 2.60. The van der Waals surface area contributed by atoms with E-state index in [1.807, 2.05) is 0 Å². The van der Waals surface area contributed by atoms with Gasteiger partial charge in [0.05, 0.1) is 19.1 Å². The Hall–Kier alpha value is -2.14. The summed E-state index contributed by atoms with van der Waals surface area (Å²) in [7, 11) is -4.73. The van der Waals surface area contributed by atoms with Crippen LogP contribution in [0.2, 0.25) is 0 Å². The topological polar surface area (TPSA) is 125 Å². The van der Waals surface area contributed by atoms with Gasteiger partial charge in [0, 0.05) is 12.6 Å². The van der Waals surface area contributed by atoms with E-state index < -0.39 is 20.0 Å². The Morgan fingerprint density at radius 1 is 0.962 bits per heavy atom. The molecule has 0 saturated heterocycles. The predicted octanol–water partition coefficient (Wildman–Crippen LogP) is 0.872. The predicted molar refractivity (Wildman–Crippen MR) is 96.3 cm³/mol. The molecule has 0 saturated carbocycles. The molecule has 2 aromatic rings. The van der Waals surface area contributed by atoms with E-state index in [1.165, 1.54) is 38.5 Å². The lowest BCUT2D eigenvalue weighted by molar-refractivity contribution is 0.392. The fourth-order valence-electron chi connectivity index (χ4n) is 2.25. The summed E-state index contributed by atoms with van der Waals surface area (Å²) in [6, 6.07) is 10.4. The quantitative estimate of drug-likeness (QED) is 0.677. The number of nitrogens with one attached hydrogen (secondary N) is 1. The number of methoxy groups -OCH3 is 2. The van der Waals surface area contributed by atoms with Crippen LogP contribution in [-0.2, 0) is 26.5 Å². The number of ether oxygens (including phenoxy) is 2. The first-order valence-corrected chi connectivity index (χ1v) is 10.5. The third-order valence-electron chi connectivity index (χ3n) is 3.62. The molecule has 0 fully saturated rings. The molecule has 0 aromatic heterocycles. The van der Waals surface area contributed by atoms with Gasteiger partial charge in [0.25, 0.3) is 0 Å². The fraction of sp³-hybridized carbons (Fsp3) is 0.250. The van der Waals surface area contributed by atoms with Crippen molar-refractivity contribution in [3.05, 3.63) is 48.0 Å². The van der Waals surface area contributed by atoms with E-state index in [0.717, 1.165) is 5.56 Å². The zero-order chi connectivity index (χ0) is 19.4. The molecule has 0 aliphatic heterocycles. The van der Waals surface area contributed by atoms with Crippen LogP contribution >= 0.6 is 0 Å². The maximum atomic E-state index is 12.5. The number of rotatable bonds is 8. The van der Waals surface area contributed by atoms with Gasteiger partial charge in [-0.25, -0.2) is 26.7 Å². The molecule has 0 bridgehead atoms. The highest BCUT2D eigenvalue weighted by atomic mass is 32.2. The van der Waals surface area contributed by atoms with Crippen molar-refractivity contribution < 1.29 is 26.3 Å². The van der Waals surface area contributed by atoms with Gasteiger partial charge in [-0.05, 0) is 36.2 Å². The lowest BCUT2D eigenvalue weighted by atomic mass is 10.2. The molecule has 2 rings (SSSR count). The monoisotopic (exact) mass is 400 g/mol. The van der Waals surface area contributed by atoms with Crippen molar-refractivity contribution in [2.45, 2.75) is 16.2 Å². The van der Waals surface area contributed by atoms with Crippen molar-refractivity contribution in [1.29, 1.82) is 0 Å². The first-order chi connectivity index (χ1) is 12.2. The highest BCUT2D eigenvalue weighted by Crippen LogP contribution is 2.27. The second-order valence-electron chi connectivity index (χ2n) is 5.35. The SMILES string of the molecule is COc1ccc(OC)c(S(=O)(=O)NCCc2ccc(S(N)(=O)=O)cc2)c1. The Morgan fingerprint density at radius 3 is 2.15 bits per heavy atom. The zero-order valence-electron chi connectivity index (χ0n) is 14.3. The molecule has 0 unspecified atom stereocenters. The third-order valence-corrected chi connectivity index (χ3v) is 6.03. The van der Waals surface area contributed by atoms with Crippen molar-refractivity contribution in [3.8, 4) is 11.5 Å². The largest absolute Gasteiger partial charge is 0.497 e. The Bertz CT molecular complexity index is 970. The van der Waals surface area contributed by atoms with E-state index in [0.29, 0.717) is 12.2 Å². The lowest BCUT2D eigenvalue weighted by Crippen LogP contribution is -2.26. The molecule has 0 atom stereocenters. The maximum absolute atomic E-state index is 12.5. The molecule has 26 heavy (non-hydrogen) atoms. The van der Waals surface area contributed by atoms with E-state index in [1.54, 1.807) is 18.2 Å². The summed E-state index contributed by atoms with van der Waals surface area (Å²) in [5, 5.41) is 5.04. The molecule has 0 heterocycles. The van der Waals surface area contributed by atoms with Gasteiger partial charge < -0.3 is 9.47 Å². The van der Waals surface area contributed by atoms with Gasteiger partial charge in [-0.3, -0.25) is 0 Å². The summed E-state index contributed by atoms with van der Waals surface area (Å²) in [5.74, 6) is 0.598. The third kappa shape index (κ3) is 4.94. The van der Waals surface area contributed by atoms with Gasteiger partial charge in [0.2, 0.25) is 20.0 Å². The molecule has 0 radical (unpaired) electrons. The van der Waals surface area contributed by atoms with Crippen LogP contribution in [0.3, 0.4) is 0 Å². The summed E-state index contributed by atoms with van der Waals surface area (Å²) in [6.45, 7) is 0.122. The van der Waals surface area contributed by atoms with Crippen LogP contribution in [-0.4, -0.2) is 37.6 Å². The van der Waals surface area contributed by atoms with Crippen LogP contribution in [0.1, 0.15) is 5.56 Å². The van der Waals surface area contributed by atoms with Gasteiger partial charge in [0.15, 0.2) is 0 Å². The lowest BCUT2D eigenvalue weighted by Gasteiger charge is -2.12. The van der Waals surface area contributed by atoms with Gasteiger partial charge in [-0.2, -0.15) is 0 Å². The molecule has 0 aliphatic rings. The Balaban J connectivity index is 2.09. The summed E-state index contributed by atoms with van der Waals surface area (Å²) in [5.41, 5.74) is 0.762. The number of hydrogen-bond acceptors (Lipinski definition) is 6. The first kappa shape index (κ1) is 20.2. The normalized spacial score (nSPS) is 12.0. The highest BCUT2D eigenvalue weighted by molar-refractivity contribution is 7.89. The minimum atomic E-state index is -3.81. The smallest absolute Gasteiger partial charge is 0.244 e. The molecule has 0 spiro atoms. The minimum absolute atomic E-state index is 0.00273. The maximum Gasteiger partial charge on any atom is 0.244 e. The molecule has 0 amide bonds. The zero-order valence-corrected chi connectivity index (χ0v) is 15.9. The minimum Gasteiger partial charge on any atom is -0.497 e. The molecular weight excluding hydrogens is 380 g/mol. The first-order valence-electron chi connectivity index (χ1n) is 7.51.